The summed E-state index contributed by atoms with van der Waals surface area (Å²) in [5, 5.41) is 17.4. The molecule has 0 saturated carbocycles. The molecule has 0 bridgehead atoms. The van der Waals surface area contributed by atoms with Crippen LogP contribution in [0.3, 0.4) is 0 Å². The summed E-state index contributed by atoms with van der Waals surface area (Å²) in [5.74, 6) is 0.273. The summed E-state index contributed by atoms with van der Waals surface area (Å²) in [5.41, 5.74) is 8.99. The van der Waals surface area contributed by atoms with Crippen molar-refractivity contribution in [2.75, 3.05) is 46.2 Å². The minimum absolute atomic E-state index is 0.00185. The second kappa shape index (κ2) is 12.9. The summed E-state index contributed by atoms with van der Waals surface area (Å²) in [4.78, 5) is 11.7. The molecule has 0 saturated heterocycles. The molecule has 29 heavy (non-hydrogen) atoms. The second-order valence-corrected chi connectivity index (χ2v) is 6.50. The molecule has 158 valence electrons. The number of nitrogens with two attached hydrogens (primary N) is 1. The van der Waals surface area contributed by atoms with Crippen LogP contribution in [0.15, 0.2) is 53.1 Å². The molecule has 1 aliphatic rings. The van der Waals surface area contributed by atoms with Crippen molar-refractivity contribution in [1.82, 2.24) is 0 Å². The number of hydrogen-bond acceptors (Lipinski definition) is 6. The first-order chi connectivity index (χ1) is 14.1. The third kappa shape index (κ3) is 8.62. The smallest absolute Gasteiger partial charge is 0.248 e. The Hall–Kier alpha value is -2.45. The van der Waals surface area contributed by atoms with Gasteiger partial charge < -0.3 is 30.2 Å². The molecule has 2 rings (SSSR count). The quantitative estimate of drug-likeness (QED) is 0.432. The van der Waals surface area contributed by atoms with E-state index in [1.807, 2.05) is 42.5 Å². The van der Waals surface area contributed by atoms with Crippen molar-refractivity contribution < 1.29 is 29.2 Å². The molecule has 0 aliphatic heterocycles. The van der Waals surface area contributed by atoms with E-state index in [1.165, 1.54) is 0 Å². The van der Waals surface area contributed by atoms with Crippen LogP contribution in [0.4, 0.5) is 0 Å². The average molecular weight is 403 g/mol. The van der Waals surface area contributed by atoms with E-state index in [-0.39, 0.29) is 13.2 Å². The van der Waals surface area contributed by atoms with Crippen molar-refractivity contribution in [1.29, 1.82) is 0 Å². The Labute approximate surface area is 171 Å². The molecule has 0 unspecified atom stereocenters. The SMILES string of the molecule is NC(=O)C1=CC(=Cc2ccc(OCCOCCO)cc2)CC(CCOCCO)=C1. The number of benzene rings is 1. The minimum Gasteiger partial charge on any atom is -0.491 e. The van der Waals surface area contributed by atoms with E-state index in [2.05, 4.69) is 0 Å². The van der Waals surface area contributed by atoms with Crippen LogP contribution in [0.25, 0.3) is 6.08 Å². The number of carbonyl (C=O) groups excluding carboxylic acids is 1. The molecular weight excluding hydrogens is 374 g/mol. The van der Waals surface area contributed by atoms with Crippen molar-refractivity contribution in [3.05, 3.63) is 58.7 Å². The largest absolute Gasteiger partial charge is 0.491 e. The number of allylic oxidation sites excluding steroid dienone is 2. The Morgan fingerprint density at radius 2 is 1.66 bits per heavy atom. The number of rotatable bonds is 13. The molecule has 1 aliphatic carbocycles. The lowest BCUT2D eigenvalue weighted by Crippen LogP contribution is -2.15. The van der Waals surface area contributed by atoms with Crippen molar-refractivity contribution in [3.63, 3.8) is 0 Å². The molecule has 7 heteroatoms. The number of ether oxygens (including phenoxy) is 3. The van der Waals surface area contributed by atoms with Crippen molar-refractivity contribution >= 4 is 12.0 Å². The van der Waals surface area contributed by atoms with Gasteiger partial charge in [-0.15, -0.1) is 0 Å². The van der Waals surface area contributed by atoms with Crippen LogP contribution in [0.5, 0.6) is 5.75 Å². The highest BCUT2D eigenvalue weighted by atomic mass is 16.5. The van der Waals surface area contributed by atoms with E-state index in [1.54, 1.807) is 0 Å². The number of primary amides is 1. The molecule has 0 atom stereocenters. The average Bonchev–Trinajstić information content (AvgIpc) is 2.72. The number of carbonyl (C=O) groups is 1. The number of aliphatic hydroxyl groups is 2. The number of aliphatic hydroxyl groups excluding tert-OH is 2. The van der Waals surface area contributed by atoms with Gasteiger partial charge in [0.2, 0.25) is 5.91 Å². The van der Waals surface area contributed by atoms with Gasteiger partial charge in [-0.2, -0.15) is 0 Å². The van der Waals surface area contributed by atoms with E-state index in [4.69, 9.17) is 30.2 Å². The first-order valence-electron chi connectivity index (χ1n) is 9.64. The van der Waals surface area contributed by atoms with Crippen LogP contribution in [-0.4, -0.2) is 62.4 Å². The van der Waals surface area contributed by atoms with Crippen LogP contribution in [-0.2, 0) is 14.3 Å². The van der Waals surface area contributed by atoms with Gasteiger partial charge in [-0.3, -0.25) is 4.79 Å². The summed E-state index contributed by atoms with van der Waals surface area (Å²) in [6.45, 7) is 1.92. The Bertz CT molecular complexity index is 736. The summed E-state index contributed by atoms with van der Waals surface area (Å²) < 4.78 is 16.1. The summed E-state index contributed by atoms with van der Waals surface area (Å²) in [6, 6.07) is 7.63. The highest BCUT2D eigenvalue weighted by molar-refractivity contribution is 5.96. The highest BCUT2D eigenvalue weighted by Crippen LogP contribution is 2.26. The van der Waals surface area contributed by atoms with Crippen LogP contribution in [0.2, 0.25) is 0 Å². The Morgan fingerprint density at radius 3 is 2.31 bits per heavy atom. The van der Waals surface area contributed by atoms with E-state index >= 15 is 0 Å². The van der Waals surface area contributed by atoms with Crippen LogP contribution < -0.4 is 10.5 Å². The maximum Gasteiger partial charge on any atom is 0.248 e. The van der Waals surface area contributed by atoms with E-state index in [0.29, 0.717) is 51.4 Å². The van der Waals surface area contributed by atoms with Gasteiger partial charge in [0.1, 0.15) is 12.4 Å². The topological polar surface area (TPSA) is 111 Å². The fourth-order valence-corrected chi connectivity index (χ4v) is 2.85. The molecular formula is C22H29NO6. The lowest BCUT2D eigenvalue weighted by molar-refractivity contribution is -0.114. The van der Waals surface area contributed by atoms with Gasteiger partial charge in [-0.25, -0.2) is 0 Å². The fraction of sp³-hybridized carbons (Fsp3) is 0.409. The predicted octanol–water partition coefficient (Wildman–Crippen LogP) is 1.60. The predicted molar refractivity (Wildman–Crippen MR) is 110 cm³/mol. The minimum atomic E-state index is -0.462. The summed E-state index contributed by atoms with van der Waals surface area (Å²) in [6.07, 6.45) is 7.02. The second-order valence-electron chi connectivity index (χ2n) is 6.50. The Kier molecular flexibility index (Phi) is 10.2. The zero-order valence-electron chi connectivity index (χ0n) is 16.5. The van der Waals surface area contributed by atoms with E-state index in [0.717, 1.165) is 22.5 Å². The van der Waals surface area contributed by atoms with E-state index in [9.17, 15) is 4.79 Å². The number of amides is 1. The zero-order chi connectivity index (χ0) is 20.9. The Morgan fingerprint density at radius 1 is 0.966 bits per heavy atom. The van der Waals surface area contributed by atoms with Crippen LogP contribution in [0.1, 0.15) is 18.4 Å². The first-order valence-corrected chi connectivity index (χ1v) is 9.64. The van der Waals surface area contributed by atoms with Gasteiger partial charge in [-0.1, -0.05) is 23.8 Å². The van der Waals surface area contributed by atoms with Gasteiger partial charge in [0.05, 0.1) is 39.6 Å². The maximum atomic E-state index is 11.7. The van der Waals surface area contributed by atoms with Crippen molar-refractivity contribution in [2.24, 2.45) is 5.73 Å². The van der Waals surface area contributed by atoms with Gasteiger partial charge in [0.15, 0.2) is 0 Å². The third-order valence-corrected chi connectivity index (χ3v) is 4.18. The first kappa shape index (κ1) is 22.8. The summed E-state index contributed by atoms with van der Waals surface area (Å²) in [7, 11) is 0. The third-order valence-electron chi connectivity index (χ3n) is 4.18. The molecule has 1 aromatic rings. The van der Waals surface area contributed by atoms with Crippen LogP contribution >= 0.6 is 0 Å². The fourth-order valence-electron chi connectivity index (χ4n) is 2.85. The molecule has 1 amide bonds. The molecule has 0 heterocycles. The molecule has 4 N–H and O–H groups in total. The molecule has 7 nitrogen and oxygen atoms in total. The standard InChI is InChI=1S/C22H29NO6/c23-22(26)20-15-18(5-8-27-9-6-24)14-19(16-20)13-17-1-3-21(4-2-17)29-12-11-28-10-7-25/h1-4,13,15-16,24-25H,5-12,14H2,(H2,23,26). The van der Waals surface area contributed by atoms with Gasteiger partial charge in [0, 0.05) is 5.57 Å². The maximum absolute atomic E-state index is 11.7. The monoisotopic (exact) mass is 403 g/mol. The summed E-state index contributed by atoms with van der Waals surface area (Å²) >= 11 is 0. The normalized spacial score (nSPS) is 15.2. The number of hydrogen-bond donors (Lipinski definition) is 3. The van der Waals surface area contributed by atoms with E-state index < -0.39 is 5.91 Å². The molecule has 1 aromatic carbocycles. The van der Waals surface area contributed by atoms with Gasteiger partial charge >= 0.3 is 0 Å². The van der Waals surface area contributed by atoms with Crippen molar-refractivity contribution in [3.8, 4) is 5.75 Å². The molecule has 0 radical (unpaired) electrons. The molecule has 0 aromatic heterocycles. The lowest BCUT2D eigenvalue weighted by atomic mass is 9.92. The van der Waals surface area contributed by atoms with Gasteiger partial charge in [0.25, 0.3) is 0 Å². The highest BCUT2D eigenvalue weighted by Gasteiger charge is 2.13. The Balaban J connectivity index is 1.96. The zero-order valence-corrected chi connectivity index (χ0v) is 16.5. The molecule has 0 spiro atoms. The molecule has 0 fully saturated rings. The van der Waals surface area contributed by atoms with Crippen LogP contribution in [0, 0.1) is 0 Å². The van der Waals surface area contributed by atoms with Gasteiger partial charge in [-0.05, 0) is 48.3 Å². The lowest BCUT2D eigenvalue weighted by Gasteiger charge is -2.15. The van der Waals surface area contributed by atoms with Crippen molar-refractivity contribution in [2.45, 2.75) is 12.8 Å².